The highest BCUT2D eigenvalue weighted by Crippen LogP contribution is 2.39. The van der Waals surface area contributed by atoms with E-state index in [9.17, 15) is 15.0 Å². The Morgan fingerprint density at radius 1 is 1.06 bits per heavy atom. The Morgan fingerprint density at radius 3 is 2.48 bits per heavy atom. The fourth-order valence-electron chi connectivity index (χ4n) is 4.10. The van der Waals surface area contributed by atoms with E-state index in [0.717, 1.165) is 28.1 Å². The molecule has 1 fully saturated rings. The number of carbonyl (C=O) groups is 1. The van der Waals surface area contributed by atoms with Crippen LogP contribution in [0.25, 0.3) is 11.1 Å². The molecule has 0 unspecified atom stereocenters. The molecule has 0 amide bonds. The average Bonchev–Trinajstić information content (AvgIpc) is 2.74. The SMILES string of the molecule is Cc1cc(Nc2nccc(C)n2)cc(-c2ccc([C@]3(O)CC[C@H](C(=O)O)CC3)nc2)c1. The summed E-state index contributed by atoms with van der Waals surface area (Å²) in [6.45, 7) is 3.95. The van der Waals surface area contributed by atoms with E-state index >= 15 is 0 Å². The smallest absolute Gasteiger partial charge is 0.306 e. The fourth-order valence-corrected chi connectivity index (χ4v) is 4.10. The maximum Gasteiger partial charge on any atom is 0.306 e. The number of rotatable bonds is 5. The van der Waals surface area contributed by atoms with Crippen LogP contribution >= 0.6 is 0 Å². The summed E-state index contributed by atoms with van der Waals surface area (Å²) in [6.07, 6.45) is 5.22. The standard InChI is InChI=1S/C24H26N4O3/c1-15-11-19(13-20(12-15)28-23-25-10-7-16(2)27-23)18-3-4-21(26-14-18)24(31)8-5-17(6-9-24)22(29)30/h3-4,7,10-14,17,31H,5-6,8-9H2,1-2H3,(H,29,30)(H,25,27,28)/t17-,24-. The molecule has 0 aliphatic heterocycles. The van der Waals surface area contributed by atoms with E-state index in [-0.39, 0.29) is 5.92 Å². The Morgan fingerprint density at radius 2 is 1.84 bits per heavy atom. The van der Waals surface area contributed by atoms with E-state index in [1.807, 2.05) is 44.2 Å². The van der Waals surface area contributed by atoms with E-state index in [2.05, 4.69) is 26.3 Å². The molecule has 7 nitrogen and oxygen atoms in total. The van der Waals surface area contributed by atoms with Crippen LogP contribution in [0.3, 0.4) is 0 Å². The molecule has 1 aliphatic carbocycles. The van der Waals surface area contributed by atoms with Gasteiger partial charge in [-0.15, -0.1) is 0 Å². The lowest BCUT2D eigenvalue weighted by molar-refractivity contribution is -0.145. The van der Waals surface area contributed by atoms with Gasteiger partial charge in [-0.3, -0.25) is 9.78 Å². The molecule has 7 heteroatoms. The van der Waals surface area contributed by atoms with Gasteiger partial charge in [0.25, 0.3) is 0 Å². The van der Waals surface area contributed by atoms with Gasteiger partial charge in [-0.05, 0) is 74.9 Å². The van der Waals surface area contributed by atoms with Gasteiger partial charge in [-0.1, -0.05) is 12.1 Å². The normalized spacial score (nSPS) is 20.9. The Balaban J connectivity index is 1.54. The van der Waals surface area contributed by atoms with Crippen molar-refractivity contribution in [2.45, 2.75) is 45.1 Å². The molecule has 1 saturated carbocycles. The highest BCUT2D eigenvalue weighted by molar-refractivity contribution is 5.71. The van der Waals surface area contributed by atoms with Crippen molar-refractivity contribution in [2.75, 3.05) is 5.32 Å². The lowest BCUT2D eigenvalue weighted by Crippen LogP contribution is -2.34. The van der Waals surface area contributed by atoms with Gasteiger partial charge in [-0.2, -0.15) is 0 Å². The number of nitrogens with one attached hydrogen (secondary N) is 1. The van der Waals surface area contributed by atoms with Gasteiger partial charge in [0, 0.05) is 29.3 Å². The molecular formula is C24H26N4O3. The van der Waals surface area contributed by atoms with Gasteiger partial charge in [0.05, 0.1) is 11.6 Å². The number of carboxylic acid groups (broad SMARTS) is 1. The van der Waals surface area contributed by atoms with Crippen LogP contribution < -0.4 is 5.32 Å². The number of aromatic nitrogens is 3. The molecule has 0 bridgehead atoms. The van der Waals surface area contributed by atoms with E-state index in [0.29, 0.717) is 37.3 Å². The molecular weight excluding hydrogens is 392 g/mol. The molecule has 3 N–H and O–H groups in total. The number of anilines is 2. The average molecular weight is 418 g/mol. The zero-order chi connectivity index (χ0) is 22.0. The summed E-state index contributed by atoms with van der Waals surface area (Å²) in [5, 5.41) is 23.4. The molecule has 160 valence electrons. The third-order valence-corrected chi connectivity index (χ3v) is 5.86. The molecule has 31 heavy (non-hydrogen) atoms. The second kappa shape index (κ2) is 8.43. The fraction of sp³-hybridized carbons (Fsp3) is 0.333. The van der Waals surface area contributed by atoms with Crippen molar-refractivity contribution in [3.8, 4) is 11.1 Å². The maximum absolute atomic E-state index is 11.2. The molecule has 2 heterocycles. The summed E-state index contributed by atoms with van der Waals surface area (Å²) in [7, 11) is 0. The van der Waals surface area contributed by atoms with Gasteiger partial charge < -0.3 is 15.5 Å². The number of aryl methyl sites for hydroxylation is 2. The molecule has 1 aliphatic rings. The van der Waals surface area contributed by atoms with Gasteiger partial charge >= 0.3 is 5.97 Å². The molecule has 1 aromatic carbocycles. The number of hydrogen-bond donors (Lipinski definition) is 3. The third kappa shape index (κ3) is 4.72. The van der Waals surface area contributed by atoms with Crippen molar-refractivity contribution in [3.63, 3.8) is 0 Å². The molecule has 0 radical (unpaired) electrons. The number of hydrogen-bond acceptors (Lipinski definition) is 6. The first-order valence-corrected chi connectivity index (χ1v) is 10.4. The second-order valence-corrected chi connectivity index (χ2v) is 8.31. The Bertz CT molecular complexity index is 1090. The van der Waals surface area contributed by atoms with Crippen LogP contribution in [0, 0.1) is 19.8 Å². The number of carboxylic acids is 1. The molecule has 4 rings (SSSR count). The summed E-state index contributed by atoms with van der Waals surface area (Å²) in [5.74, 6) is -0.621. The zero-order valence-corrected chi connectivity index (χ0v) is 17.7. The Kier molecular flexibility index (Phi) is 5.69. The molecule has 0 spiro atoms. The second-order valence-electron chi connectivity index (χ2n) is 8.31. The van der Waals surface area contributed by atoms with Crippen molar-refractivity contribution >= 4 is 17.6 Å². The largest absolute Gasteiger partial charge is 0.481 e. The van der Waals surface area contributed by atoms with Crippen molar-refractivity contribution in [1.82, 2.24) is 15.0 Å². The third-order valence-electron chi connectivity index (χ3n) is 5.86. The minimum atomic E-state index is -1.06. The summed E-state index contributed by atoms with van der Waals surface area (Å²) < 4.78 is 0. The highest BCUT2D eigenvalue weighted by atomic mass is 16.4. The van der Waals surface area contributed by atoms with Crippen LogP contribution in [-0.2, 0) is 10.4 Å². The van der Waals surface area contributed by atoms with Crippen LogP contribution in [0.1, 0.15) is 42.6 Å². The van der Waals surface area contributed by atoms with E-state index in [4.69, 9.17) is 0 Å². The number of aliphatic hydroxyl groups is 1. The van der Waals surface area contributed by atoms with Gasteiger partial charge in [0.2, 0.25) is 5.95 Å². The lowest BCUT2D eigenvalue weighted by Gasteiger charge is -2.34. The monoisotopic (exact) mass is 418 g/mol. The molecule has 0 saturated heterocycles. The molecule has 3 aromatic rings. The molecule has 2 aromatic heterocycles. The van der Waals surface area contributed by atoms with Gasteiger partial charge in [0.1, 0.15) is 5.60 Å². The van der Waals surface area contributed by atoms with Crippen LogP contribution in [0.2, 0.25) is 0 Å². The summed E-state index contributed by atoms with van der Waals surface area (Å²) in [4.78, 5) is 24.4. The van der Waals surface area contributed by atoms with Crippen molar-refractivity contribution in [2.24, 2.45) is 5.92 Å². The van der Waals surface area contributed by atoms with Crippen molar-refractivity contribution in [3.05, 3.63) is 65.7 Å². The van der Waals surface area contributed by atoms with E-state index in [1.165, 1.54) is 0 Å². The number of nitrogens with zero attached hydrogens (tertiary/aromatic N) is 3. The van der Waals surface area contributed by atoms with Crippen LogP contribution in [-0.4, -0.2) is 31.1 Å². The lowest BCUT2D eigenvalue weighted by atomic mass is 9.77. The Hall–Kier alpha value is -3.32. The van der Waals surface area contributed by atoms with Crippen molar-refractivity contribution in [1.29, 1.82) is 0 Å². The predicted octanol–water partition coefficient (Wildman–Crippen LogP) is 4.36. The maximum atomic E-state index is 11.2. The summed E-state index contributed by atoms with van der Waals surface area (Å²) in [5.41, 5.74) is 4.32. The first-order valence-electron chi connectivity index (χ1n) is 10.4. The zero-order valence-electron chi connectivity index (χ0n) is 17.7. The van der Waals surface area contributed by atoms with Crippen molar-refractivity contribution < 1.29 is 15.0 Å². The number of pyridine rings is 1. The minimum absolute atomic E-state index is 0.379. The molecule has 0 atom stereocenters. The number of benzene rings is 1. The first-order chi connectivity index (χ1) is 14.8. The number of aliphatic carboxylic acids is 1. The van der Waals surface area contributed by atoms with Crippen LogP contribution in [0.4, 0.5) is 11.6 Å². The summed E-state index contributed by atoms with van der Waals surface area (Å²) >= 11 is 0. The topological polar surface area (TPSA) is 108 Å². The van der Waals surface area contributed by atoms with Crippen LogP contribution in [0.5, 0.6) is 0 Å². The Labute approximate surface area is 181 Å². The quantitative estimate of drug-likeness (QED) is 0.565. The van der Waals surface area contributed by atoms with E-state index < -0.39 is 11.6 Å². The summed E-state index contributed by atoms with van der Waals surface area (Å²) in [6, 6.07) is 11.8. The first kappa shape index (κ1) is 20.9. The highest BCUT2D eigenvalue weighted by Gasteiger charge is 2.38. The minimum Gasteiger partial charge on any atom is -0.481 e. The van der Waals surface area contributed by atoms with Gasteiger partial charge in [0.15, 0.2) is 0 Å². The van der Waals surface area contributed by atoms with Crippen LogP contribution in [0.15, 0.2) is 48.8 Å². The predicted molar refractivity (Wildman–Crippen MR) is 118 cm³/mol. The van der Waals surface area contributed by atoms with Gasteiger partial charge in [-0.25, -0.2) is 9.97 Å². The van der Waals surface area contributed by atoms with E-state index in [1.54, 1.807) is 12.4 Å².